The van der Waals surface area contributed by atoms with Crippen LogP contribution in [0.4, 0.5) is 5.69 Å². The maximum Gasteiger partial charge on any atom is 0.242 e. The van der Waals surface area contributed by atoms with Gasteiger partial charge in [-0.2, -0.15) is 5.21 Å². The molecule has 0 aliphatic carbocycles. The summed E-state index contributed by atoms with van der Waals surface area (Å²) >= 11 is 0. The van der Waals surface area contributed by atoms with Crippen molar-refractivity contribution in [2.75, 3.05) is 37.6 Å². The Bertz CT molecular complexity index is 1320. The van der Waals surface area contributed by atoms with Crippen LogP contribution in [0, 0.1) is 0 Å². The second-order valence-corrected chi connectivity index (χ2v) is 11.6. The van der Waals surface area contributed by atoms with Crippen LogP contribution in [0.2, 0.25) is 0 Å². The predicted octanol–water partition coefficient (Wildman–Crippen LogP) is -3.63. The molecule has 18 heteroatoms. The number of aliphatic hydroxyl groups is 1. The van der Waals surface area contributed by atoms with Crippen molar-refractivity contribution >= 4 is 31.7 Å². The molecular formula is C17H27N11O5S2. The molecule has 4 rings (SSSR count). The fourth-order valence-electron chi connectivity index (χ4n) is 4.21. The van der Waals surface area contributed by atoms with Crippen molar-refractivity contribution in [3.8, 4) is 11.4 Å². The molecule has 1 fully saturated rings. The molecule has 2 aliphatic rings. The van der Waals surface area contributed by atoms with Crippen molar-refractivity contribution in [3.63, 3.8) is 0 Å². The van der Waals surface area contributed by atoms with Gasteiger partial charge in [0.1, 0.15) is 9.79 Å². The Morgan fingerprint density at radius 1 is 1.23 bits per heavy atom. The zero-order valence-corrected chi connectivity index (χ0v) is 20.2. The number of aliphatic hydroxyl groups excluding tert-OH is 1. The van der Waals surface area contributed by atoms with E-state index in [1.54, 1.807) is 0 Å². The number of anilines is 1. The third-order valence-electron chi connectivity index (χ3n) is 6.03. The SMILES string of the molecule is NC[C@@H](O)CNS(=O)(=O)c1ccc(N2CCC3(CC2)CN=C(N)N3)c(-c2nn[nH]n2)c1S(N)(=O)=O. The maximum atomic E-state index is 13.0. The number of primary sulfonamides is 1. The largest absolute Gasteiger partial charge is 0.390 e. The average Bonchev–Trinajstić information content (AvgIpc) is 3.47. The van der Waals surface area contributed by atoms with E-state index in [-0.39, 0.29) is 23.5 Å². The highest BCUT2D eigenvalue weighted by atomic mass is 32.2. The third-order valence-corrected chi connectivity index (χ3v) is 8.62. The van der Waals surface area contributed by atoms with E-state index in [1.165, 1.54) is 6.07 Å². The van der Waals surface area contributed by atoms with Gasteiger partial charge in [-0.05, 0) is 30.2 Å². The molecule has 192 valence electrons. The number of nitrogens with zero attached hydrogens (tertiary/aromatic N) is 5. The lowest BCUT2D eigenvalue weighted by atomic mass is 9.88. The number of hydrogen-bond donors (Lipinski definition) is 7. The van der Waals surface area contributed by atoms with E-state index in [9.17, 15) is 21.9 Å². The molecule has 0 radical (unpaired) electrons. The monoisotopic (exact) mass is 529 g/mol. The van der Waals surface area contributed by atoms with Crippen LogP contribution in [0.25, 0.3) is 11.4 Å². The van der Waals surface area contributed by atoms with E-state index in [0.29, 0.717) is 44.1 Å². The number of piperidine rings is 1. The van der Waals surface area contributed by atoms with Gasteiger partial charge in [-0.3, -0.25) is 4.99 Å². The van der Waals surface area contributed by atoms with Crippen molar-refractivity contribution in [1.29, 1.82) is 0 Å². The standard InChI is InChI=1S/C17H27N11O5S2/c18-7-10(29)8-22-35(32,33)12-2-1-11(13(14(12)34(20,30)31)15-24-26-27-25-15)28-5-3-17(4-6-28)9-21-16(19)23-17/h1-2,10,22,29H,3-9,18H2,(H3,19,21,23)(H2,20,30,31)(H,24,25,26,27)/t10-/m1/s1. The number of tetrazole rings is 1. The lowest BCUT2D eigenvalue weighted by molar-refractivity contribution is 0.186. The van der Waals surface area contributed by atoms with Crippen LogP contribution in [-0.4, -0.2) is 92.9 Å². The molecule has 10 N–H and O–H groups in total. The number of sulfonamides is 2. The number of nitrogens with one attached hydrogen (secondary N) is 3. The van der Waals surface area contributed by atoms with Crippen molar-refractivity contribution < 1.29 is 21.9 Å². The molecule has 0 saturated carbocycles. The van der Waals surface area contributed by atoms with Crippen LogP contribution in [0.15, 0.2) is 26.9 Å². The minimum absolute atomic E-state index is 0.102. The summed E-state index contributed by atoms with van der Waals surface area (Å²) in [4.78, 5) is 4.83. The Morgan fingerprint density at radius 2 is 1.94 bits per heavy atom. The number of aliphatic imine (C=N–C) groups is 1. The first-order chi connectivity index (χ1) is 16.5. The first kappa shape index (κ1) is 25.2. The second-order valence-electron chi connectivity index (χ2n) is 8.40. The van der Waals surface area contributed by atoms with E-state index in [0.717, 1.165) is 6.07 Å². The molecule has 16 nitrogen and oxygen atoms in total. The van der Waals surface area contributed by atoms with Gasteiger partial charge in [0.25, 0.3) is 0 Å². The summed E-state index contributed by atoms with van der Waals surface area (Å²) in [7, 11) is -9.04. The van der Waals surface area contributed by atoms with E-state index >= 15 is 0 Å². The molecule has 3 heterocycles. The number of H-pyrrole nitrogens is 1. The van der Waals surface area contributed by atoms with Gasteiger partial charge in [-0.15, -0.1) is 10.2 Å². The number of aromatic nitrogens is 4. The number of benzene rings is 1. The molecule has 1 aromatic heterocycles. The molecule has 2 aliphatic heterocycles. The van der Waals surface area contributed by atoms with Crippen LogP contribution in [0.3, 0.4) is 0 Å². The summed E-state index contributed by atoms with van der Waals surface area (Å²) < 4.78 is 53.7. The fraction of sp³-hybridized carbons (Fsp3) is 0.529. The molecule has 1 saturated heterocycles. The first-order valence-electron chi connectivity index (χ1n) is 10.6. The summed E-state index contributed by atoms with van der Waals surface area (Å²) in [5, 5.41) is 31.9. The number of guanidine groups is 1. The smallest absolute Gasteiger partial charge is 0.242 e. The number of aromatic amines is 1. The summed E-state index contributed by atoms with van der Waals surface area (Å²) in [6.07, 6.45) is 0.125. The number of hydrogen-bond acceptors (Lipinski definition) is 13. The van der Waals surface area contributed by atoms with E-state index < -0.39 is 42.5 Å². The topological polar surface area (TPSA) is 261 Å². The maximum absolute atomic E-state index is 13.0. The van der Waals surface area contributed by atoms with Crippen LogP contribution >= 0.6 is 0 Å². The average molecular weight is 530 g/mol. The van der Waals surface area contributed by atoms with E-state index in [2.05, 4.69) is 35.7 Å². The Balaban J connectivity index is 1.79. The molecule has 1 atom stereocenters. The molecule has 1 aromatic carbocycles. The Kier molecular flexibility index (Phi) is 6.68. The number of nitrogens with two attached hydrogens (primary N) is 3. The highest BCUT2D eigenvalue weighted by Gasteiger charge is 2.40. The minimum atomic E-state index is -4.61. The van der Waals surface area contributed by atoms with Crippen molar-refractivity contribution in [3.05, 3.63) is 12.1 Å². The van der Waals surface area contributed by atoms with Crippen molar-refractivity contribution in [2.24, 2.45) is 21.6 Å². The van der Waals surface area contributed by atoms with Gasteiger partial charge in [-0.25, -0.2) is 26.7 Å². The van der Waals surface area contributed by atoms with Crippen LogP contribution in [-0.2, 0) is 20.0 Å². The molecule has 0 bridgehead atoms. The molecule has 2 aromatic rings. The van der Waals surface area contributed by atoms with Gasteiger partial charge in [0.2, 0.25) is 25.9 Å². The van der Waals surface area contributed by atoms with Gasteiger partial charge in [0.05, 0.1) is 23.8 Å². The highest BCUT2D eigenvalue weighted by molar-refractivity contribution is 7.92. The summed E-state index contributed by atoms with van der Waals surface area (Å²) in [6.45, 7) is 0.883. The molecule has 1 spiro atoms. The lowest BCUT2D eigenvalue weighted by Crippen LogP contribution is -2.55. The minimum Gasteiger partial charge on any atom is -0.390 e. The van der Waals surface area contributed by atoms with Gasteiger partial charge in [0, 0.05) is 31.9 Å². The van der Waals surface area contributed by atoms with Gasteiger partial charge in [-0.1, -0.05) is 0 Å². The summed E-state index contributed by atoms with van der Waals surface area (Å²) in [5.41, 5.74) is 11.1. The van der Waals surface area contributed by atoms with Crippen LogP contribution < -0.4 is 31.5 Å². The van der Waals surface area contributed by atoms with Gasteiger partial charge < -0.3 is 26.8 Å². The third kappa shape index (κ3) is 5.07. The lowest BCUT2D eigenvalue weighted by Gasteiger charge is -2.40. The normalized spacial score (nSPS) is 18.9. The Labute approximate surface area is 201 Å². The second kappa shape index (κ2) is 9.28. The Hall–Kier alpha value is -2.90. The van der Waals surface area contributed by atoms with Crippen molar-refractivity contribution in [1.82, 2.24) is 30.7 Å². The van der Waals surface area contributed by atoms with Crippen molar-refractivity contribution in [2.45, 2.75) is 34.3 Å². The molecule has 35 heavy (non-hydrogen) atoms. The molecule has 0 unspecified atom stereocenters. The Morgan fingerprint density at radius 3 is 2.49 bits per heavy atom. The summed E-state index contributed by atoms with van der Waals surface area (Å²) in [5.74, 6) is 0.235. The highest BCUT2D eigenvalue weighted by Crippen LogP contribution is 2.40. The first-order valence-corrected chi connectivity index (χ1v) is 13.6. The number of rotatable bonds is 8. The predicted molar refractivity (Wildman–Crippen MR) is 125 cm³/mol. The van der Waals surface area contributed by atoms with E-state index in [1.807, 2.05) is 4.90 Å². The molecule has 0 amide bonds. The van der Waals surface area contributed by atoms with E-state index in [4.69, 9.17) is 16.6 Å². The quantitative estimate of drug-likeness (QED) is 0.175. The zero-order chi connectivity index (χ0) is 25.4. The zero-order valence-electron chi connectivity index (χ0n) is 18.5. The summed E-state index contributed by atoms with van der Waals surface area (Å²) in [6, 6.07) is 2.62. The van der Waals surface area contributed by atoms with Crippen LogP contribution in [0.1, 0.15) is 12.8 Å². The van der Waals surface area contributed by atoms with Gasteiger partial charge >= 0.3 is 0 Å². The van der Waals surface area contributed by atoms with Gasteiger partial charge in [0.15, 0.2) is 5.96 Å². The van der Waals surface area contributed by atoms with Crippen LogP contribution in [0.5, 0.6) is 0 Å². The fourth-order valence-corrected chi connectivity index (χ4v) is 6.87. The molecular weight excluding hydrogens is 502 g/mol.